The lowest BCUT2D eigenvalue weighted by atomic mass is 10.3. The summed E-state index contributed by atoms with van der Waals surface area (Å²) in [5, 5.41) is 3.26. The van der Waals surface area contributed by atoms with Crippen LogP contribution in [0, 0.1) is 6.92 Å². The van der Waals surface area contributed by atoms with Crippen LogP contribution >= 0.6 is 0 Å². The van der Waals surface area contributed by atoms with Crippen molar-refractivity contribution in [1.29, 1.82) is 0 Å². The number of amides is 1. The summed E-state index contributed by atoms with van der Waals surface area (Å²) in [7, 11) is 0. The van der Waals surface area contributed by atoms with Gasteiger partial charge in [-0.1, -0.05) is 0 Å². The van der Waals surface area contributed by atoms with Gasteiger partial charge in [0, 0.05) is 25.8 Å². The zero-order chi connectivity index (χ0) is 11.4. The number of rotatable bonds is 1. The lowest BCUT2D eigenvalue weighted by molar-refractivity contribution is 0.0760. The summed E-state index contributed by atoms with van der Waals surface area (Å²) < 4.78 is 0. The topological polar surface area (TPSA) is 58.1 Å². The summed E-state index contributed by atoms with van der Waals surface area (Å²) in [6.45, 7) is 5.22. The van der Waals surface area contributed by atoms with Crippen molar-refractivity contribution in [2.45, 2.75) is 13.3 Å². The van der Waals surface area contributed by atoms with E-state index in [4.69, 9.17) is 0 Å². The van der Waals surface area contributed by atoms with Crippen LogP contribution in [-0.4, -0.2) is 47.0 Å². The van der Waals surface area contributed by atoms with Gasteiger partial charge in [0.2, 0.25) is 0 Å². The third kappa shape index (κ3) is 2.55. The zero-order valence-corrected chi connectivity index (χ0v) is 9.44. The average Bonchev–Trinajstić information content (AvgIpc) is 2.57. The SMILES string of the molecule is Cc1cnc(C(=O)N2CCCNCC2)cn1. The fraction of sp³-hybridized carbons (Fsp3) is 0.545. The van der Waals surface area contributed by atoms with Gasteiger partial charge in [-0.2, -0.15) is 0 Å². The van der Waals surface area contributed by atoms with Crippen LogP contribution in [0.3, 0.4) is 0 Å². The smallest absolute Gasteiger partial charge is 0.274 e. The summed E-state index contributed by atoms with van der Waals surface area (Å²) in [5.41, 5.74) is 1.27. The van der Waals surface area contributed by atoms with E-state index in [9.17, 15) is 4.79 Å². The molecule has 1 aliphatic heterocycles. The minimum Gasteiger partial charge on any atom is -0.336 e. The molecule has 0 spiro atoms. The Labute approximate surface area is 94.9 Å². The normalized spacial score (nSPS) is 16.9. The van der Waals surface area contributed by atoms with Gasteiger partial charge in [0.1, 0.15) is 5.69 Å². The summed E-state index contributed by atoms with van der Waals surface area (Å²) in [4.78, 5) is 22.1. The maximum absolute atomic E-state index is 12.1. The van der Waals surface area contributed by atoms with Crippen LogP contribution in [0.1, 0.15) is 22.6 Å². The highest BCUT2D eigenvalue weighted by Gasteiger charge is 2.18. The van der Waals surface area contributed by atoms with Gasteiger partial charge in [0.05, 0.1) is 11.9 Å². The number of carbonyl (C=O) groups is 1. The Kier molecular flexibility index (Phi) is 3.46. The van der Waals surface area contributed by atoms with Crippen molar-refractivity contribution in [1.82, 2.24) is 20.2 Å². The quantitative estimate of drug-likeness (QED) is 0.735. The van der Waals surface area contributed by atoms with E-state index in [-0.39, 0.29) is 5.91 Å². The molecule has 0 radical (unpaired) electrons. The van der Waals surface area contributed by atoms with Gasteiger partial charge in [0.15, 0.2) is 0 Å². The van der Waals surface area contributed by atoms with Gasteiger partial charge < -0.3 is 10.2 Å². The van der Waals surface area contributed by atoms with Crippen LogP contribution in [0.15, 0.2) is 12.4 Å². The van der Waals surface area contributed by atoms with Gasteiger partial charge in [-0.3, -0.25) is 9.78 Å². The molecule has 1 amide bonds. The minimum atomic E-state index is -0.0174. The van der Waals surface area contributed by atoms with Crippen molar-refractivity contribution in [3.63, 3.8) is 0 Å². The van der Waals surface area contributed by atoms with E-state index in [1.165, 1.54) is 0 Å². The predicted molar refractivity (Wildman–Crippen MR) is 60.2 cm³/mol. The molecule has 1 fully saturated rings. The van der Waals surface area contributed by atoms with Crippen LogP contribution in [0.2, 0.25) is 0 Å². The molecule has 1 saturated heterocycles. The highest BCUT2D eigenvalue weighted by molar-refractivity contribution is 5.92. The Morgan fingerprint density at radius 2 is 2.19 bits per heavy atom. The highest BCUT2D eigenvalue weighted by Crippen LogP contribution is 2.03. The van der Waals surface area contributed by atoms with E-state index >= 15 is 0 Å². The highest BCUT2D eigenvalue weighted by atomic mass is 16.2. The van der Waals surface area contributed by atoms with Crippen molar-refractivity contribution in [2.75, 3.05) is 26.2 Å². The third-order valence-corrected chi connectivity index (χ3v) is 2.63. The van der Waals surface area contributed by atoms with E-state index < -0.39 is 0 Å². The van der Waals surface area contributed by atoms with Gasteiger partial charge in [-0.15, -0.1) is 0 Å². The summed E-state index contributed by atoms with van der Waals surface area (Å²) in [6.07, 6.45) is 4.17. The van der Waals surface area contributed by atoms with Gasteiger partial charge in [-0.05, 0) is 19.9 Å². The first-order valence-electron chi connectivity index (χ1n) is 5.56. The third-order valence-electron chi connectivity index (χ3n) is 2.63. The van der Waals surface area contributed by atoms with E-state index in [0.717, 1.165) is 38.3 Å². The van der Waals surface area contributed by atoms with Crippen LogP contribution in [-0.2, 0) is 0 Å². The fourth-order valence-electron chi connectivity index (χ4n) is 1.71. The Morgan fingerprint density at radius 1 is 1.31 bits per heavy atom. The number of carbonyl (C=O) groups excluding carboxylic acids is 1. The van der Waals surface area contributed by atoms with E-state index in [1.54, 1.807) is 12.4 Å². The second-order valence-electron chi connectivity index (χ2n) is 3.94. The molecular formula is C11H16N4O. The van der Waals surface area contributed by atoms with Gasteiger partial charge in [0.25, 0.3) is 5.91 Å². The second kappa shape index (κ2) is 5.03. The Balaban J connectivity index is 2.08. The molecular weight excluding hydrogens is 204 g/mol. The molecule has 1 aromatic heterocycles. The molecule has 0 atom stereocenters. The first kappa shape index (κ1) is 11.0. The second-order valence-corrected chi connectivity index (χ2v) is 3.94. The van der Waals surface area contributed by atoms with E-state index in [1.807, 2.05) is 11.8 Å². The Morgan fingerprint density at radius 3 is 2.94 bits per heavy atom. The maximum Gasteiger partial charge on any atom is 0.274 e. The van der Waals surface area contributed by atoms with Crippen LogP contribution in [0.4, 0.5) is 0 Å². The van der Waals surface area contributed by atoms with E-state index in [0.29, 0.717) is 5.69 Å². The van der Waals surface area contributed by atoms with Crippen molar-refractivity contribution in [2.24, 2.45) is 0 Å². The molecule has 1 aliphatic rings. The molecule has 1 N–H and O–H groups in total. The average molecular weight is 220 g/mol. The largest absolute Gasteiger partial charge is 0.336 e. The molecule has 5 heteroatoms. The molecule has 86 valence electrons. The first-order valence-corrected chi connectivity index (χ1v) is 5.56. The van der Waals surface area contributed by atoms with Gasteiger partial charge in [-0.25, -0.2) is 4.98 Å². The monoisotopic (exact) mass is 220 g/mol. The molecule has 1 aromatic rings. The Hall–Kier alpha value is -1.49. The molecule has 16 heavy (non-hydrogen) atoms. The van der Waals surface area contributed by atoms with Gasteiger partial charge >= 0.3 is 0 Å². The minimum absolute atomic E-state index is 0.0174. The predicted octanol–water partition coefficient (Wildman–Crippen LogP) is 0.221. The molecule has 2 rings (SSSR count). The number of hydrogen-bond donors (Lipinski definition) is 1. The fourth-order valence-corrected chi connectivity index (χ4v) is 1.71. The molecule has 0 aliphatic carbocycles. The molecule has 0 unspecified atom stereocenters. The standard InChI is InChI=1S/C11H16N4O/c1-9-7-14-10(8-13-9)11(16)15-5-2-3-12-4-6-15/h7-8,12H,2-6H2,1H3. The lowest BCUT2D eigenvalue weighted by Gasteiger charge is -2.19. The van der Waals surface area contributed by atoms with Crippen molar-refractivity contribution in [3.05, 3.63) is 23.8 Å². The Bertz CT molecular complexity index is 355. The van der Waals surface area contributed by atoms with Crippen molar-refractivity contribution < 1.29 is 4.79 Å². The van der Waals surface area contributed by atoms with Crippen LogP contribution < -0.4 is 5.32 Å². The molecule has 2 heterocycles. The van der Waals surface area contributed by atoms with Crippen molar-refractivity contribution >= 4 is 5.91 Å². The summed E-state index contributed by atoms with van der Waals surface area (Å²) >= 11 is 0. The molecule has 0 aromatic carbocycles. The van der Waals surface area contributed by atoms with Crippen molar-refractivity contribution in [3.8, 4) is 0 Å². The summed E-state index contributed by atoms with van der Waals surface area (Å²) in [5.74, 6) is -0.0174. The first-order chi connectivity index (χ1) is 7.77. The number of aryl methyl sites for hydroxylation is 1. The maximum atomic E-state index is 12.1. The lowest BCUT2D eigenvalue weighted by Crippen LogP contribution is -2.34. The number of nitrogens with zero attached hydrogens (tertiary/aromatic N) is 3. The number of hydrogen-bond acceptors (Lipinski definition) is 4. The molecule has 0 saturated carbocycles. The zero-order valence-electron chi connectivity index (χ0n) is 9.44. The number of aromatic nitrogens is 2. The van der Waals surface area contributed by atoms with E-state index in [2.05, 4.69) is 15.3 Å². The number of nitrogens with one attached hydrogen (secondary N) is 1. The van der Waals surface area contributed by atoms with Crippen LogP contribution in [0.5, 0.6) is 0 Å². The molecule has 5 nitrogen and oxygen atoms in total. The summed E-state index contributed by atoms with van der Waals surface area (Å²) in [6, 6.07) is 0. The van der Waals surface area contributed by atoms with Crippen LogP contribution in [0.25, 0.3) is 0 Å². The molecule has 0 bridgehead atoms.